The summed E-state index contributed by atoms with van der Waals surface area (Å²) in [5.41, 5.74) is 2.21. The van der Waals surface area contributed by atoms with Gasteiger partial charge in [-0.05, 0) is 25.1 Å². The number of imidazole rings is 1. The lowest BCUT2D eigenvalue weighted by Gasteiger charge is -2.20. The minimum Gasteiger partial charge on any atom is -0.331 e. The Balaban J connectivity index is 1.74. The number of hydrogen-bond donors (Lipinski definition) is 1. The summed E-state index contributed by atoms with van der Waals surface area (Å²) in [6, 6.07) is 11.3. The Hall–Kier alpha value is -2.05. The summed E-state index contributed by atoms with van der Waals surface area (Å²) in [7, 11) is 1.77. The van der Waals surface area contributed by atoms with Gasteiger partial charge in [0.15, 0.2) is 10.8 Å². The van der Waals surface area contributed by atoms with Crippen LogP contribution in [0.3, 0.4) is 0 Å². The number of aromatic nitrogens is 3. The van der Waals surface area contributed by atoms with E-state index in [4.69, 9.17) is 11.6 Å². The van der Waals surface area contributed by atoms with Crippen molar-refractivity contribution in [2.75, 3.05) is 11.9 Å². The maximum atomic E-state index is 12.5. The summed E-state index contributed by atoms with van der Waals surface area (Å²) in [5, 5.41) is 0.916. The van der Waals surface area contributed by atoms with Crippen LogP contribution in [0.1, 0.15) is 6.92 Å². The van der Waals surface area contributed by atoms with Gasteiger partial charge >= 0.3 is 0 Å². The fourth-order valence-electron chi connectivity index (χ4n) is 2.18. The van der Waals surface area contributed by atoms with Crippen LogP contribution in [0.2, 0.25) is 5.02 Å². The van der Waals surface area contributed by atoms with Gasteiger partial charge in [0, 0.05) is 18.9 Å². The Morgan fingerprint density at radius 2 is 2.09 bits per heavy atom. The highest BCUT2D eigenvalue weighted by molar-refractivity contribution is 8.00. The first-order valence-corrected chi connectivity index (χ1v) is 8.31. The van der Waals surface area contributed by atoms with Crippen molar-refractivity contribution in [3.8, 4) is 0 Å². The number of para-hydroxylation sites is 1. The summed E-state index contributed by atoms with van der Waals surface area (Å²) in [4.78, 5) is 25.9. The van der Waals surface area contributed by atoms with Gasteiger partial charge in [-0.1, -0.05) is 41.6 Å². The fraction of sp³-hybridized carbons (Fsp3) is 0.188. The summed E-state index contributed by atoms with van der Waals surface area (Å²) >= 11 is 7.28. The number of H-pyrrole nitrogens is 1. The topological polar surface area (TPSA) is 61.9 Å². The van der Waals surface area contributed by atoms with Gasteiger partial charge in [0.05, 0.1) is 15.8 Å². The normalized spacial score (nSPS) is 12.3. The molecule has 1 atom stereocenters. The molecule has 0 spiro atoms. The number of rotatable bonds is 4. The van der Waals surface area contributed by atoms with Gasteiger partial charge in [-0.25, -0.2) is 9.97 Å². The molecule has 0 aliphatic rings. The molecule has 2 aromatic heterocycles. The van der Waals surface area contributed by atoms with Crippen molar-refractivity contribution in [2.45, 2.75) is 17.3 Å². The van der Waals surface area contributed by atoms with Crippen molar-refractivity contribution >= 4 is 46.1 Å². The molecule has 0 fully saturated rings. The number of anilines is 1. The monoisotopic (exact) mass is 346 g/mol. The van der Waals surface area contributed by atoms with E-state index in [1.54, 1.807) is 24.2 Å². The molecule has 2 heterocycles. The van der Waals surface area contributed by atoms with Gasteiger partial charge in [-0.15, -0.1) is 0 Å². The highest BCUT2D eigenvalue weighted by atomic mass is 35.5. The van der Waals surface area contributed by atoms with E-state index in [9.17, 15) is 4.79 Å². The molecule has 0 aliphatic heterocycles. The predicted octanol–water partition coefficient (Wildman–Crippen LogP) is 3.75. The van der Waals surface area contributed by atoms with Crippen molar-refractivity contribution in [3.63, 3.8) is 0 Å². The van der Waals surface area contributed by atoms with Gasteiger partial charge in [0.25, 0.3) is 0 Å². The average molecular weight is 347 g/mol. The van der Waals surface area contributed by atoms with Gasteiger partial charge in [0.2, 0.25) is 5.91 Å². The Bertz CT molecular complexity index is 836. The quantitative estimate of drug-likeness (QED) is 0.731. The van der Waals surface area contributed by atoms with E-state index in [2.05, 4.69) is 15.0 Å². The highest BCUT2D eigenvalue weighted by Crippen LogP contribution is 2.26. The third kappa shape index (κ3) is 3.48. The molecule has 1 N–H and O–H groups in total. The van der Waals surface area contributed by atoms with E-state index < -0.39 is 0 Å². The number of carbonyl (C=O) groups is 1. The van der Waals surface area contributed by atoms with Crippen molar-refractivity contribution < 1.29 is 4.79 Å². The molecule has 3 rings (SSSR count). The minimum absolute atomic E-state index is 0.00708. The molecule has 0 bridgehead atoms. The lowest BCUT2D eigenvalue weighted by Crippen LogP contribution is -2.33. The summed E-state index contributed by atoms with van der Waals surface area (Å²) in [6.07, 6.45) is 1.55. The van der Waals surface area contributed by atoms with Gasteiger partial charge in [-0.2, -0.15) is 0 Å². The van der Waals surface area contributed by atoms with E-state index in [1.165, 1.54) is 11.8 Å². The van der Waals surface area contributed by atoms with Gasteiger partial charge in [-0.3, -0.25) is 4.79 Å². The molecule has 0 saturated heterocycles. The predicted molar refractivity (Wildman–Crippen MR) is 94.1 cm³/mol. The second kappa shape index (κ2) is 6.60. The zero-order valence-electron chi connectivity index (χ0n) is 12.7. The summed E-state index contributed by atoms with van der Waals surface area (Å²) in [5.74, 6) is 0.00708. The van der Waals surface area contributed by atoms with E-state index >= 15 is 0 Å². The Morgan fingerprint density at radius 3 is 2.83 bits per heavy atom. The van der Waals surface area contributed by atoms with Crippen LogP contribution in [0.25, 0.3) is 11.2 Å². The number of amides is 1. The lowest BCUT2D eigenvalue weighted by molar-refractivity contribution is -0.117. The molecule has 1 amide bonds. The largest absolute Gasteiger partial charge is 0.331 e. The SMILES string of the molecule is CC(Sc1nc2ncc(Cl)cc2[nH]1)C(=O)N(C)c1ccccc1. The second-order valence-electron chi connectivity index (χ2n) is 5.06. The molecule has 7 heteroatoms. The number of fused-ring (bicyclic) bond motifs is 1. The van der Waals surface area contributed by atoms with Crippen molar-refractivity contribution in [3.05, 3.63) is 47.6 Å². The molecule has 1 aromatic carbocycles. The molecular formula is C16H15ClN4OS. The molecular weight excluding hydrogens is 332 g/mol. The molecule has 3 aromatic rings. The number of hydrogen-bond acceptors (Lipinski definition) is 4. The zero-order chi connectivity index (χ0) is 16.4. The smallest absolute Gasteiger partial charge is 0.240 e. The van der Waals surface area contributed by atoms with E-state index in [1.807, 2.05) is 37.3 Å². The molecule has 0 radical (unpaired) electrons. The number of carbonyl (C=O) groups excluding carboxylic acids is 1. The first kappa shape index (κ1) is 15.8. The first-order valence-electron chi connectivity index (χ1n) is 7.05. The van der Waals surface area contributed by atoms with Crippen LogP contribution in [0, 0.1) is 0 Å². The molecule has 118 valence electrons. The van der Waals surface area contributed by atoms with E-state index in [0.29, 0.717) is 15.8 Å². The zero-order valence-corrected chi connectivity index (χ0v) is 14.2. The Morgan fingerprint density at radius 1 is 1.35 bits per heavy atom. The maximum Gasteiger partial charge on any atom is 0.240 e. The van der Waals surface area contributed by atoms with Gasteiger partial charge < -0.3 is 9.88 Å². The van der Waals surface area contributed by atoms with Gasteiger partial charge in [0.1, 0.15) is 0 Å². The van der Waals surface area contributed by atoms with Crippen molar-refractivity contribution in [1.29, 1.82) is 0 Å². The van der Waals surface area contributed by atoms with E-state index in [0.717, 1.165) is 11.2 Å². The lowest BCUT2D eigenvalue weighted by atomic mass is 10.3. The van der Waals surface area contributed by atoms with Crippen LogP contribution in [-0.4, -0.2) is 33.2 Å². The molecule has 1 unspecified atom stereocenters. The maximum absolute atomic E-state index is 12.5. The van der Waals surface area contributed by atoms with Crippen LogP contribution < -0.4 is 4.90 Å². The summed E-state index contributed by atoms with van der Waals surface area (Å²) < 4.78 is 0. The van der Waals surface area contributed by atoms with Crippen LogP contribution in [0.4, 0.5) is 5.69 Å². The standard InChI is InChI=1S/C16H15ClN4OS/c1-10(15(22)21(2)12-6-4-3-5-7-12)23-16-19-13-8-11(17)9-18-14(13)20-16/h3-10H,1-2H3,(H,18,19,20). The molecule has 0 saturated carbocycles. The second-order valence-corrected chi connectivity index (χ2v) is 6.83. The molecule has 5 nitrogen and oxygen atoms in total. The number of benzene rings is 1. The summed E-state index contributed by atoms with van der Waals surface area (Å²) in [6.45, 7) is 1.86. The molecule has 0 aliphatic carbocycles. The average Bonchev–Trinajstić information content (AvgIpc) is 2.95. The third-order valence-electron chi connectivity index (χ3n) is 3.39. The van der Waals surface area contributed by atoms with Crippen LogP contribution in [-0.2, 0) is 4.79 Å². The number of aromatic amines is 1. The first-order chi connectivity index (χ1) is 11.0. The molecule has 23 heavy (non-hydrogen) atoms. The highest BCUT2D eigenvalue weighted by Gasteiger charge is 2.21. The van der Waals surface area contributed by atoms with Crippen molar-refractivity contribution in [2.24, 2.45) is 0 Å². The van der Waals surface area contributed by atoms with Crippen molar-refractivity contribution in [1.82, 2.24) is 15.0 Å². The Labute approximate surface area is 143 Å². The number of halogens is 1. The van der Waals surface area contributed by atoms with Crippen LogP contribution in [0.15, 0.2) is 47.8 Å². The number of pyridine rings is 1. The van der Waals surface area contributed by atoms with Crippen LogP contribution >= 0.6 is 23.4 Å². The number of nitrogens with one attached hydrogen (secondary N) is 1. The minimum atomic E-state index is -0.281. The van der Waals surface area contributed by atoms with Crippen LogP contribution in [0.5, 0.6) is 0 Å². The third-order valence-corrected chi connectivity index (χ3v) is 4.57. The number of thioether (sulfide) groups is 1. The fourth-order valence-corrected chi connectivity index (χ4v) is 3.24. The Kier molecular flexibility index (Phi) is 4.54. The number of nitrogens with zero attached hydrogens (tertiary/aromatic N) is 3. The van der Waals surface area contributed by atoms with E-state index in [-0.39, 0.29) is 11.2 Å².